The highest BCUT2D eigenvalue weighted by molar-refractivity contribution is 5.82. The normalized spacial score (nSPS) is 31.2. The van der Waals surface area contributed by atoms with E-state index in [1.54, 1.807) is 0 Å². The van der Waals surface area contributed by atoms with Gasteiger partial charge in [0.05, 0.1) is 12.1 Å². The lowest BCUT2D eigenvalue weighted by atomic mass is 9.88. The molecule has 3 atom stereocenters. The van der Waals surface area contributed by atoms with Crippen molar-refractivity contribution in [2.45, 2.75) is 45.3 Å². The number of piperidine rings is 1. The summed E-state index contributed by atoms with van der Waals surface area (Å²) in [6.07, 6.45) is 3.66. The molecule has 0 aromatic carbocycles. The SMILES string of the molecule is CC(C)[C@H](N)C(=O)N1CC[C@H]2OCCC[C@@H]2C1. The average Bonchev–Trinajstić information content (AvgIpc) is 2.36. The second kappa shape index (κ2) is 5.36. The predicted octanol–water partition coefficient (Wildman–Crippen LogP) is 0.997. The van der Waals surface area contributed by atoms with Gasteiger partial charge in [-0.3, -0.25) is 4.79 Å². The zero-order valence-corrected chi connectivity index (χ0v) is 10.9. The topological polar surface area (TPSA) is 55.6 Å². The van der Waals surface area contributed by atoms with Gasteiger partial charge in [0.1, 0.15) is 0 Å². The summed E-state index contributed by atoms with van der Waals surface area (Å²) in [6, 6.07) is -0.351. The Morgan fingerprint density at radius 2 is 2.18 bits per heavy atom. The highest BCUT2D eigenvalue weighted by atomic mass is 16.5. The van der Waals surface area contributed by atoms with Gasteiger partial charge in [-0.15, -0.1) is 0 Å². The zero-order chi connectivity index (χ0) is 12.4. The Morgan fingerprint density at radius 1 is 1.41 bits per heavy atom. The Labute approximate surface area is 103 Å². The minimum absolute atomic E-state index is 0.115. The third-order valence-electron chi connectivity index (χ3n) is 4.03. The Hall–Kier alpha value is -0.610. The third kappa shape index (κ3) is 2.80. The summed E-state index contributed by atoms with van der Waals surface area (Å²) in [4.78, 5) is 14.1. The maximum absolute atomic E-state index is 12.2. The molecule has 4 heteroatoms. The van der Waals surface area contributed by atoms with E-state index in [9.17, 15) is 4.79 Å². The van der Waals surface area contributed by atoms with Crippen molar-refractivity contribution < 1.29 is 9.53 Å². The van der Waals surface area contributed by atoms with Crippen molar-refractivity contribution in [1.29, 1.82) is 0 Å². The molecule has 2 aliphatic heterocycles. The molecule has 0 unspecified atom stereocenters. The smallest absolute Gasteiger partial charge is 0.239 e. The molecule has 0 bridgehead atoms. The van der Waals surface area contributed by atoms with Crippen molar-refractivity contribution in [2.75, 3.05) is 19.7 Å². The fraction of sp³-hybridized carbons (Fsp3) is 0.923. The van der Waals surface area contributed by atoms with Crippen LogP contribution in [0.2, 0.25) is 0 Å². The number of hydrogen-bond donors (Lipinski definition) is 1. The Bertz CT molecular complexity index is 281. The van der Waals surface area contributed by atoms with E-state index in [-0.39, 0.29) is 17.9 Å². The van der Waals surface area contributed by atoms with Crippen LogP contribution in [-0.2, 0) is 9.53 Å². The number of rotatable bonds is 2. The van der Waals surface area contributed by atoms with E-state index < -0.39 is 0 Å². The summed E-state index contributed by atoms with van der Waals surface area (Å²) < 4.78 is 5.75. The maximum Gasteiger partial charge on any atom is 0.239 e. The summed E-state index contributed by atoms with van der Waals surface area (Å²) in [5.74, 6) is 0.854. The van der Waals surface area contributed by atoms with E-state index in [4.69, 9.17) is 10.5 Å². The largest absolute Gasteiger partial charge is 0.378 e. The van der Waals surface area contributed by atoms with E-state index in [1.807, 2.05) is 18.7 Å². The van der Waals surface area contributed by atoms with Gasteiger partial charge in [0.2, 0.25) is 5.91 Å². The van der Waals surface area contributed by atoms with Gasteiger partial charge in [-0.1, -0.05) is 13.8 Å². The van der Waals surface area contributed by atoms with Crippen molar-refractivity contribution in [3.8, 4) is 0 Å². The monoisotopic (exact) mass is 240 g/mol. The molecule has 0 spiro atoms. The first-order valence-corrected chi connectivity index (χ1v) is 6.75. The zero-order valence-electron chi connectivity index (χ0n) is 10.9. The Kier molecular flexibility index (Phi) is 4.05. The quantitative estimate of drug-likeness (QED) is 0.783. The van der Waals surface area contributed by atoms with Gasteiger partial charge in [0.15, 0.2) is 0 Å². The van der Waals surface area contributed by atoms with E-state index in [1.165, 1.54) is 6.42 Å². The van der Waals surface area contributed by atoms with E-state index in [0.717, 1.165) is 32.5 Å². The summed E-state index contributed by atoms with van der Waals surface area (Å²) in [5, 5.41) is 0. The first kappa shape index (κ1) is 12.8. The highest BCUT2D eigenvalue weighted by Gasteiger charge is 2.35. The first-order valence-electron chi connectivity index (χ1n) is 6.75. The molecule has 2 fully saturated rings. The van der Waals surface area contributed by atoms with Crippen molar-refractivity contribution in [3.05, 3.63) is 0 Å². The minimum atomic E-state index is -0.351. The van der Waals surface area contributed by atoms with Crippen molar-refractivity contribution in [2.24, 2.45) is 17.6 Å². The Balaban J connectivity index is 1.93. The molecular weight excluding hydrogens is 216 g/mol. The molecule has 0 radical (unpaired) electrons. The molecule has 0 aromatic rings. The van der Waals surface area contributed by atoms with E-state index >= 15 is 0 Å². The molecule has 0 aromatic heterocycles. The van der Waals surface area contributed by atoms with Crippen molar-refractivity contribution in [3.63, 3.8) is 0 Å². The van der Waals surface area contributed by atoms with Gasteiger partial charge in [0, 0.05) is 25.6 Å². The highest BCUT2D eigenvalue weighted by Crippen LogP contribution is 2.28. The van der Waals surface area contributed by atoms with Gasteiger partial charge in [-0.05, 0) is 25.2 Å². The molecule has 2 N–H and O–H groups in total. The molecular formula is C13H24N2O2. The van der Waals surface area contributed by atoms with Crippen LogP contribution in [0.25, 0.3) is 0 Å². The maximum atomic E-state index is 12.2. The second-order valence-corrected chi connectivity index (χ2v) is 5.65. The van der Waals surface area contributed by atoms with Crippen LogP contribution in [0, 0.1) is 11.8 Å². The van der Waals surface area contributed by atoms with Crippen LogP contribution >= 0.6 is 0 Å². The van der Waals surface area contributed by atoms with Crippen LogP contribution in [0.5, 0.6) is 0 Å². The number of hydrogen-bond acceptors (Lipinski definition) is 3. The molecule has 2 aliphatic rings. The molecule has 2 saturated heterocycles. The molecule has 1 amide bonds. The molecule has 4 nitrogen and oxygen atoms in total. The number of nitrogens with two attached hydrogens (primary N) is 1. The number of carbonyl (C=O) groups excluding carboxylic acids is 1. The molecule has 0 aliphatic carbocycles. The number of ether oxygens (including phenoxy) is 1. The summed E-state index contributed by atoms with van der Waals surface area (Å²) in [5.41, 5.74) is 5.94. The van der Waals surface area contributed by atoms with Gasteiger partial charge < -0.3 is 15.4 Å². The molecule has 2 rings (SSSR count). The third-order valence-corrected chi connectivity index (χ3v) is 4.03. The van der Waals surface area contributed by atoms with Crippen LogP contribution < -0.4 is 5.73 Å². The summed E-state index contributed by atoms with van der Waals surface area (Å²) >= 11 is 0. The standard InChI is InChI=1S/C13H24N2O2/c1-9(2)12(14)13(16)15-6-5-11-10(8-15)4-3-7-17-11/h9-12H,3-8,14H2,1-2H3/t10-,11-,12+/m1/s1. The molecule has 0 saturated carbocycles. The fourth-order valence-corrected chi connectivity index (χ4v) is 2.78. The fourth-order valence-electron chi connectivity index (χ4n) is 2.78. The Morgan fingerprint density at radius 3 is 2.88 bits per heavy atom. The number of carbonyl (C=O) groups is 1. The van der Waals surface area contributed by atoms with Crippen LogP contribution in [-0.4, -0.2) is 42.6 Å². The first-order chi connectivity index (χ1) is 8.09. The van der Waals surface area contributed by atoms with Crippen LogP contribution in [0.4, 0.5) is 0 Å². The molecule has 2 heterocycles. The van der Waals surface area contributed by atoms with Crippen LogP contribution in [0.3, 0.4) is 0 Å². The van der Waals surface area contributed by atoms with E-state index in [0.29, 0.717) is 12.0 Å². The lowest BCUT2D eigenvalue weighted by Gasteiger charge is -2.42. The minimum Gasteiger partial charge on any atom is -0.378 e. The van der Waals surface area contributed by atoms with Gasteiger partial charge in [-0.2, -0.15) is 0 Å². The predicted molar refractivity (Wildman–Crippen MR) is 66.5 cm³/mol. The molecule has 98 valence electrons. The van der Waals surface area contributed by atoms with Gasteiger partial charge in [-0.25, -0.2) is 0 Å². The van der Waals surface area contributed by atoms with E-state index in [2.05, 4.69) is 0 Å². The van der Waals surface area contributed by atoms with Crippen LogP contribution in [0.15, 0.2) is 0 Å². The van der Waals surface area contributed by atoms with Gasteiger partial charge in [0.25, 0.3) is 0 Å². The summed E-state index contributed by atoms with van der Waals surface area (Å²) in [6.45, 7) is 6.53. The number of fused-ring (bicyclic) bond motifs is 1. The lowest BCUT2D eigenvalue weighted by molar-refractivity contribution is -0.140. The summed E-state index contributed by atoms with van der Waals surface area (Å²) in [7, 11) is 0. The van der Waals surface area contributed by atoms with Crippen molar-refractivity contribution in [1.82, 2.24) is 4.90 Å². The van der Waals surface area contributed by atoms with Crippen LogP contribution in [0.1, 0.15) is 33.1 Å². The number of likely N-dealkylation sites (tertiary alicyclic amines) is 1. The lowest BCUT2D eigenvalue weighted by Crippen LogP contribution is -2.53. The number of nitrogens with zero attached hydrogens (tertiary/aromatic N) is 1. The van der Waals surface area contributed by atoms with Gasteiger partial charge >= 0.3 is 0 Å². The number of amides is 1. The average molecular weight is 240 g/mol. The molecule has 17 heavy (non-hydrogen) atoms. The van der Waals surface area contributed by atoms with Crippen molar-refractivity contribution >= 4 is 5.91 Å². The second-order valence-electron chi connectivity index (χ2n) is 5.65.